The molecule has 0 spiro atoms. The molecule has 1 aromatic carbocycles. The van der Waals surface area contributed by atoms with Crippen LogP contribution in [0.3, 0.4) is 0 Å². The Kier molecular flexibility index (Phi) is 5.02. The van der Waals surface area contributed by atoms with Crippen LogP contribution < -0.4 is 9.80 Å². The SMILES string of the molecule is CCCCN(C)c1cc(C(=O)N2c3ccccc3CC2C)nc(C)n1. The fourth-order valence-corrected chi connectivity index (χ4v) is 3.37. The van der Waals surface area contributed by atoms with Crippen LogP contribution >= 0.6 is 0 Å². The summed E-state index contributed by atoms with van der Waals surface area (Å²) in [6, 6.07) is 10.1. The van der Waals surface area contributed by atoms with Gasteiger partial charge in [-0.1, -0.05) is 31.5 Å². The lowest BCUT2D eigenvalue weighted by Crippen LogP contribution is -2.36. The number of carbonyl (C=O) groups is 1. The average molecular weight is 338 g/mol. The van der Waals surface area contributed by atoms with Crippen molar-refractivity contribution in [2.75, 3.05) is 23.4 Å². The predicted octanol–water partition coefficient (Wildman–Crippen LogP) is 3.61. The van der Waals surface area contributed by atoms with Crippen LogP contribution in [0.15, 0.2) is 30.3 Å². The standard InChI is InChI=1S/C20H26N4O/c1-5-6-11-23(4)19-13-17(21-15(3)22-19)20(25)24-14(2)12-16-9-7-8-10-18(16)24/h7-10,13-14H,5-6,11-12H2,1-4H3. The molecule has 0 saturated carbocycles. The minimum Gasteiger partial charge on any atom is -0.360 e. The summed E-state index contributed by atoms with van der Waals surface area (Å²) in [5, 5.41) is 0. The third-order valence-electron chi connectivity index (χ3n) is 4.71. The summed E-state index contributed by atoms with van der Waals surface area (Å²) in [6.07, 6.45) is 3.11. The number of nitrogens with zero attached hydrogens (tertiary/aromatic N) is 4. The van der Waals surface area contributed by atoms with Crippen molar-refractivity contribution in [3.8, 4) is 0 Å². The van der Waals surface area contributed by atoms with E-state index in [0.717, 1.165) is 37.3 Å². The molecule has 2 aromatic rings. The number of aromatic nitrogens is 2. The number of unbranched alkanes of at least 4 members (excludes halogenated alkanes) is 1. The molecule has 25 heavy (non-hydrogen) atoms. The van der Waals surface area contributed by atoms with Gasteiger partial charge in [0.25, 0.3) is 5.91 Å². The molecule has 0 bridgehead atoms. The van der Waals surface area contributed by atoms with Gasteiger partial charge in [0.05, 0.1) is 0 Å². The van der Waals surface area contributed by atoms with E-state index in [0.29, 0.717) is 11.5 Å². The second-order valence-corrected chi connectivity index (χ2v) is 6.79. The zero-order valence-electron chi connectivity index (χ0n) is 15.5. The topological polar surface area (TPSA) is 49.3 Å². The Balaban J connectivity index is 1.91. The van der Waals surface area contributed by atoms with Crippen molar-refractivity contribution in [2.45, 2.75) is 46.1 Å². The van der Waals surface area contributed by atoms with E-state index in [1.165, 1.54) is 5.56 Å². The number of para-hydroxylation sites is 1. The summed E-state index contributed by atoms with van der Waals surface area (Å²) in [6.45, 7) is 7.01. The third kappa shape index (κ3) is 3.50. The van der Waals surface area contributed by atoms with Gasteiger partial charge in [-0.25, -0.2) is 9.97 Å². The molecule has 5 nitrogen and oxygen atoms in total. The first-order chi connectivity index (χ1) is 12.0. The molecule has 0 saturated heterocycles. The van der Waals surface area contributed by atoms with E-state index in [4.69, 9.17) is 0 Å². The largest absolute Gasteiger partial charge is 0.360 e. The predicted molar refractivity (Wildman–Crippen MR) is 101 cm³/mol. The Morgan fingerprint density at radius 3 is 2.84 bits per heavy atom. The average Bonchev–Trinajstić information content (AvgIpc) is 2.94. The van der Waals surface area contributed by atoms with E-state index >= 15 is 0 Å². The smallest absolute Gasteiger partial charge is 0.277 e. The highest BCUT2D eigenvalue weighted by Gasteiger charge is 2.32. The molecule has 0 aliphatic carbocycles. The van der Waals surface area contributed by atoms with Crippen LogP contribution in [-0.2, 0) is 6.42 Å². The summed E-state index contributed by atoms with van der Waals surface area (Å²) in [5.41, 5.74) is 2.68. The van der Waals surface area contributed by atoms with E-state index in [1.807, 2.05) is 43.1 Å². The van der Waals surface area contributed by atoms with Crippen molar-refractivity contribution < 1.29 is 4.79 Å². The van der Waals surface area contributed by atoms with Crippen LogP contribution in [0, 0.1) is 6.92 Å². The van der Waals surface area contributed by atoms with Gasteiger partial charge in [0, 0.05) is 31.4 Å². The lowest BCUT2D eigenvalue weighted by Gasteiger charge is -2.23. The summed E-state index contributed by atoms with van der Waals surface area (Å²) in [4.78, 5) is 26.1. The molecule has 0 fully saturated rings. The number of aryl methyl sites for hydroxylation is 1. The highest BCUT2D eigenvalue weighted by atomic mass is 16.2. The molecule has 0 N–H and O–H groups in total. The molecule has 1 amide bonds. The Morgan fingerprint density at radius 2 is 2.08 bits per heavy atom. The van der Waals surface area contributed by atoms with Crippen LogP contribution in [0.25, 0.3) is 0 Å². The molecule has 3 rings (SSSR count). The Bertz CT molecular complexity index is 774. The zero-order valence-corrected chi connectivity index (χ0v) is 15.5. The van der Waals surface area contributed by atoms with Crippen LogP contribution in [0.5, 0.6) is 0 Å². The van der Waals surface area contributed by atoms with E-state index in [9.17, 15) is 4.79 Å². The van der Waals surface area contributed by atoms with Crippen LogP contribution in [0.1, 0.15) is 48.6 Å². The monoisotopic (exact) mass is 338 g/mol. The molecule has 1 atom stereocenters. The number of rotatable bonds is 5. The van der Waals surface area contributed by atoms with Crippen LogP contribution in [0.2, 0.25) is 0 Å². The molecule has 0 radical (unpaired) electrons. The van der Waals surface area contributed by atoms with Crippen molar-refractivity contribution in [2.24, 2.45) is 0 Å². The molecule has 2 heterocycles. The number of hydrogen-bond acceptors (Lipinski definition) is 4. The van der Waals surface area contributed by atoms with Gasteiger partial charge in [-0.3, -0.25) is 4.79 Å². The number of benzene rings is 1. The summed E-state index contributed by atoms with van der Waals surface area (Å²) in [5.74, 6) is 1.39. The fourth-order valence-electron chi connectivity index (χ4n) is 3.37. The third-order valence-corrected chi connectivity index (χ3v) is 4.71. The molecule has 1 aliphatic rings. The maximum atomic E-state index is 13.2. The maximum Gasteiger partial charge on any atom is 0.277 e. The number of anilines is 2. The molecular weight excluding hydrogens is 312 g/mol. The van der Waals surface area contributed by atoms with Crippen LogP contribution in [-0.4, -0.2) is 35.5 Å². The molecule has 1 aromatic heterocycles. The summed E-state index contributed by atoms with van der Waals surface area (Å²) in [7, 11) is 2.01. The highest BCUT2D eigenvalue weighted by molar-refractivity contribution is 6.06. The lowest BCUT2D eigenvalue weighted by molar-refractivity contribution is 0.0976. The van der Waals surface area contributed by atoms with Crippen molar-refractivity contribution in [3.63, 3.8) is 0 Å². The Hall–Kier alpha value is -2.43. The normalized spacial score (nSPS) is 16.0. The van der Waals surface area contributed by atoms with Gasteiger partial charge >= 0.3 is 0 Å². The van der Waals surface area contributed by atoms with Crippen molar-refractivity contribution in [1.29, 1.82) is 0 Å². The highest BCUT2D eigenvalue weighted by Crippen LogP contribution is 2.33. The zero-order chi connectivity index (χ0) is 18.0. The van der Waals surface area contributed by atoms with E-state index < -0.39 is 0 Å². The van der Waals surface area contributed by atoms with Gasteiger partial charge in [0.2, 0.25) is 0 Å². The molecule has 1 unspecified atom stereocenters. The van der Waals surface area contributed by atoms with Gasteiger partial charge < -0.3 is 9.80 Å². The van der Waals surface area contributed by atoms with Crippen molar-refractivity contribution in [1.82, 2.24) is 9.97 Å². The maximum absolute atomic E-state index is 13.2. The number of hydrogen-bond donors (Lipinski definition) is 0. The lowest BCUT2D eigenvalue weighted by atomic mass is 10.1. The Labute approximate surface area is 149 Å². The van der Waals surface area contributed by atoms with Crippen LogP contribution in [0.4, 0.5) is 11.5 Å². The van der Waals surface area contributed by atoms with Crippen molar-refractivity contribution in [3.05, 3.63) is 47.4 Å². The first-order valence-electron chi connectivity index (χ1n) is 8.99. The second kappa shape index (κ2) is 7.21. The first kappa shape index (κ1) is 17.4. The number of carbonyl (C=O) groups excluding carboxylic acids is 1. The minimum atomic E-state index is -0.0481. The van der Waals surface area contributed by atoms with E-state index in [-0.39, 0.29) is 11.9 Å². The van der Waals surface area contributed by atoms with Gasteiger partial charge in [-0.15, -0.1) is 0 Å². The summed E-state index contributed by atoms with van der Waals surface area (Å²) >= 11 is 0. The molecular formula is C20H26N4O. The Morgan fingerprint density at radius 1 is 1.32 bits per heavy atom. The van der Waals surface area contributed by atoms with Gasteiger partial charge in [-0.05, 0) is 38.3 Å². The van der Waals surface area contributed by atoms with Crippen molar-refractivity contribution >= 4 is 17.4 Å². The fraction of sp³-hybridized carbons (Fsp3) is 0.450. The molecule has 5 heteroatoms. The summed E-state index contributed by atoms with van der Waals surface area (Å²) < 4.78 is 0. The van der Waals surface area contributed by atoms with E-state index in [1.54, 1.807) is 0 Å². The number of amides is 1. The quantitative estimate of drug-likeness (QED) is 0.835. The first-order valence-corrected chi connectivity index (χ1v) is 8.99. The van der Waals surface area contributed by atoms with E-state index in [2.05, 4.69) is 34.8 Å². The van der Waals surface area contributed by atoms with Gasteiger partial charge in [0.15, 0.2) is 0 Å². The minimum absolute atomic E-state index is 0.0481. The number of fused-ring (bicyclic) bond motifs is 1. The molecule has 1 aliphatic heterocycles. The van der Waals surface area contributed by atoms with Gasteiger partial charge in [-0.2, -0.15) is 0 Å². The van der Waals surface area contributed by atoms with Gasteiger partial charge in [0.1, 0.15) is 17.3 Å². The second-order valence-electron chi connectivity index (χ2n) is 6.79. The molecule has 132 valence electrons.